The number of hydrogen-bond donors (Lipinski definition) is 1. The SMILES string of the molecule is CC(NC1CCCC(C)(C)C1)c1cc(Br)cs1. The molecule has 0 aromatic carbocycles. The van der Waals surface area contributed by atoms with Gasteiger partial charge in [0, 0.05) is 26.8 Å². The Bertz CT molecular complexity index is 372. The topological polar surface area (TPSA) is 12.0 Å². The highest BCUT2D eigenvalue weighted by Crippen LogP contribution is 2.36. The van der Waals surface area contributed by atoms with E-state index < -0.39 is 0 Å². The summed E-state index contributed by atoms with van der Waals surface area (Å²) in [7, 11) is 0. The van der Waals surface area contributed by atoms with Crippen LogP contribution in [0, 0.1) is 5.41 Å². The van der Waals surface area contributed by atoms with Crippen molar-refractivity contribution in [1.29, 1.82) is 0 Å². The van der Waals surface area contributed by atoms with Gasteiger partial charge in [-0.2, -0.15) is 0 Å². The van der Waals surface area contributed by atoms with E-state index >= 15 is 0 Å². The van der Waals surface area contributed by atoms with Crippen molar-refractivity contribution in [1.82, 2.24) is 5.32 Å². The lowest BCUT2D eigenvalue weighted by molar-refractivity contribution is 0.191. The van der Waals surface area contributed by atoms with Gasteiger partial charge in [-0.1, -0.05) is 20.3 Å². The minimum Gasteiger partial charge on any atom is -0.307 e. The first-order valence-corrected chi connectivity index (χ1v) is 8.13. The highest BCUT2D eigenvalue weighted by atomic mass is 79.9. The summed E-state index contributed by atoms with van der Waals surface area (Å²) in [6.07, 6.45) is 5.39. The lowest BCUT2D eigenvalue weighted by Gasteiger charge is -2.36. The van der Waals surface area contributed by atoms with Gasteiger partial charge in [-0.15, -0.1) is 11.3 Å². The summed E-state index contributed by atoms with van der Waals surface area (Å²) in [6.45, 7) is 7.07. The van der Waals surface area contributed by atoms with Gasteiger partial charge in [-0.25, -0.2) is 0 Å². The van der Waals surface area contributed by atoms with Crippen molar-refractivity contribution in [2.45, 2.75) is 58.5 Å². The van der Waals surface area contributed by atoms with Crippen LogP contribution in [0.25, 0.3) is 0 Å². The molecule has 0 aliphatic heterocycles. The van der Waals surface area contributed by atoms with Crippen molar-refractivity contribution in [2.24, 2.45) is 5.41 Å². The molecule has 1 aromatic heterocycles. The van der Waals surface area contributed by atoms with Crippen molar-refractivity contribution >= 4 is 27.3 Å². The normalized spacial score (nSPS) is 25.8. The minimum absolute atomic E-state index is 0.477. The van der Waals surface area contributed by atoms with Gasteiger partial charge in [0.05, 0.1) is 0 Å². The second-order valence-electron chi connectivity index (χ2n) is 6.01. The van der Waals surface area contributed by atoms with E-state index in [1.54, 1.807) is 0 Å². The zero-order valence-electron chi connectivity index (χ0n) is 10.9. The highest BCUT2D eigenvalue weighted by Gasteiger charge is 2.28. The summed E-state index contributed by atoms with van der Waals surface area (Å²) in [6, 6.07) is 3.40. The Balaban J connectivity index is 1.92. The van der Waals surface area contributed by atoms with Crippen LogP contribution in [-0.4, -0.2) is 6.04 Å². The van der Waals surface area contributed by atoms with Crippen LogP contribution >= 0.6 is 27.3 Å². The molecule has 1 fully saturated rings. The molecule has 2 unspecified atom stereocenters. The molecule has 0 radical (unpaired) electrons. The third kappa shape index (κ3) is 3.80. The maximum Gasteiger partial charge on any atom is 0.0388 e. The monoisotopic (exact) mass is 315 g/mol. The predicted octanol–water partition coefficient (Wildman–Crippen LogP) is 5.13. The fourth-order valence-corrected chi connectivity index (χ4v) is 4.29. The Morgan fingerprint density at radius 1 is 1.53 bits per heavy atom. The molecule has 17 heavy (non-hydrogen) atoms. The molecule has 1 N–H and O–H groups in total. The van der Waals surface area contributed by atoms with Crippen LogP contribution in [0.2, 0.25) is 0 Å². The fraction of sp³-hybridized carbons (Fsp3) is 0.714. The summed E-state index contributed by atoms with van der Waals surface area (Å²) in [5.41, 5.74) is 0.520. The summed E-state index contributed by atoms with van der Waals surface area (Å²) in [5, 5.41) is 5.96. The van der Waals surface area contributed by atoms with Crippen molar-refractivity contribution < 1.29 is 0 Å². The molecule has 2 atom stereocenters. The summed E-state index contributed by atoms with van der Waals surface area (Å²) in [4.78, 5) is 1.43. The van der Waals surface area contributed by atoms with E-state index in [1.807, 2.05) is 11.3 Å². The molecule has 0 spiro atoms. The van der Waals surface area contributed by atoms with Crippen LogP contribution in [0.1, 0.15) is 57.4 Å². The molecule has 0 saturated heterocycles. The predicted molar refractivity (Wildman–Crippen MR) is 79.6 cm³/mol. The Hall–Kier alpha value is 0.140. The largest absolute Gasteiger partial charge is 0.307 e. The van der Waals surface area contributed by atoms with Gasteiger partial charge in [0.2, 0.25) is 0 Å². The molecule has 96 valence electrons. The molecule has 1 saturated carbocycles. The summed E-state index contributed by atoms with van der Waals surface area (Å²) in [5.74, 6) is 0. The number of halogens is 1. The van der Waals surface area contributed by atoms with Gasteiger partial charge < -0.3 is 5.32 Å². The van der Waals surface area contributed by atoms with Gasteiger partial charge >= 0.3 is 0 Å². The standard InChI is InChI=1S/C14H22BrNS/c1-10(13-7-11(15)9-17-13)16-12-5-4-6-14(2,3)8-12/h7,9-10,12,16H,4-6,8H2,1-3H3. The van der Waals surface area contributed by atoms with Crippen molar-refractivity contribution in [3.8, 4) is 0 Å². The van der Waals surface area contributed by atoms with E-state index in [0.717, 1.165) is 0 Å². The van der Waals surface area contributed by atoms with Gasteiger partial charge in [0.15, 0.2) is 0 Å². The zero-order valence-corrected chi connectivity index (χ0v) is 13.3. The third-order valence-corrected chi connectivity index (χ3v) is 5.58. The fourth-order valence-electron chi connectivity index (χ4n) is 2.83. The van der Waals surface area contributed by atoms with Gasteiger partial charge in [-0.05, 0) is 53.6 Å². The molecule has 1 aromatic rings. The van der Waals surface area contributed by atoms with Crippen molar-refractivity contribution in [3.05, 3.63) is 20.8 Å². The molecular weight excluding hydrogens is 294 g/mol. The highest BCUT2D eigenvalue weighted by molar-refractivity contribution is 9.10. The van der Waals surface area contributed by atoms with Gasteiger partial charge in [0.25, 0.3) is 0 Å². The number of thiophene rings is 1. The van der Waals surface area contributed by atoms with Crippen LogP contribution in [0.3, 0.4) is 0 Å². The third-order valence-electron chi connectivity index (χ3n) is 3.71. The van der Waals surface area contributed by atoms with Gasteiger partial charge in [0.1, 0.15) is 0 Å². The lowest BCUT2D eigenvalue weighted by Crippen LogP contribution is -2.38. The van der Waals surface area contributed by atoms with E-state index in [4.69, 9.17) is 0 Å². The number of rotatable bonds is 3. The number of hydrogen-bond acceptors (Lipinski definition) is 2. The molecule has 1 aliphatic carbocycles. The smallest absolute Gasteiger partial charge is 0.0388 e. The summed E-state index contributed by atoms with van der Waals surface area (Å²) < 4.78 is 1.20. The Morgan fingerprint density at radius 3 is 2.88 bits per heavy atom. The average molecular weight is 316 g/mol. The van der Waals surface area contributed by atoms with Crippen LogP contribution in [-0.2, 0) is 0 Å². The Labute approximate surface area is 117 Å². The molecule has 3 heteroatoms. The van der Waals surface area contributed by atoms with Crippen LogP contribution in [0.4, 0.5) is 0 Å². The summed E-state index contributed by atoms with van der Waals surface area (Å²) >= 11 is 5.36. The minimum atomic E-state index is 0.477. The van der Waals surface area contributed by atoms with E-state index in [9.17, 15) is 0 Å². The second kappa shape index (κ2) is 5.41. The average Bonchev–Trinajstić information content (AvgIpc) is 2.63. The first-order chi connectivity index (χ1) is 7.96. The Kier molecular flexibility index (Phi) is 4.32. The van der Waals surface area contributed by atoms with Gasteiger partial charge in [-0.3, -0.25) is 0 Å². The Morgan fingerprint density at radius 2 is 2.29 bits per heavy atom. The van der Waals surface area contributed by atoms with E-state index in [-0.39, 0.29) is 0 Å². The first-order valence-electron chi connectivity index (χ1n) is 6.46. The molecule has 1 heterocycles. The molecule has 1 aliphatic rings. The van der Waals surface area contributed by atoms with E-state index in [1.165, 1.54) is 35.0 Å². The molecule has 0 amide bonds. The van der Waals surface area contributed by atoms with Crippen molar-refractivity contribution in [3.63, 3.8) is 0 Å². The quantitative estimate of drug-likeness (QED) is 0.815. The molecule has 1 nitrogen and oxygen atoms in total. The maximum absolute atomic E-state index is 3.79. The second-order valence-corrected chi connectivity index (χ2v) is 7.87. The lowest BCUT2D eigenvalue weighted by atomic mass is 9.75. The van der Waals surface area contributed by atoms with Crippen LogP contribution in [0.5, 0.6) is 0 Å². The maximum atomic E-state index is 3.79. The van der Waals surface area contributed by atoms with Crippen LogP contribution in [0.15, 0.2) is 15.9 Å². The molecular formula is C14H22BrNS. The van der Waals surface area contributed by atoms with E-state index in [0.29, 0.717) is 17.5 Å². The molecule has 0 bridgehead atoms. The van der Waals surface area contributed by atoms with Crippen molar-refractivity contribution in [2.75, 3.05) is 0 Å². The zero-order chi connectivity index (χ0) is 12.5. The first kappa shape index (κ1) is 13.6. The van der Waals surface area contributed by atoms with E-state index in [2.05, 4.69) is 53.5 Å². The molecule has 2 rings (SSSR count). The van der Waals surface area contributed by atoms with Crippen LogP contribution < -0.4 is 5.32 Å². The number of nitrogens with one attached hydrogen (secondary N) is 1.